The van der Waals surface area contributed by atoms with Gasteiger partial charge in [-0.1, -0.05) is 29.8 Å². The number of rotatable bonds is 8. The lowest BCUT2D eigenvalue weighted by atomic mass is 10.1. The molecule has 36 heavy (non-hydrogen) atoms. The summed E-state index contributed by atoms with van der Waals surface area (Å²) in [4.78, 5) is 16.7. The first kappa shape index (κ1) is 24.8. The SMILES string of the molecule is CN1CCN(CCOc2cccc(Nc3nc(-c4ccc(Cl)cc4)cc(N4CCOCC4)n3)c2)CC1. The second kappa shape index (κ2) is 11.9. The van der Waals surface area contributed by atoms with Crippen LogP contribution in [-0.2, 0) is 4.74 Å². The van der Waals surface area contributed by atoms with Gasteiger partial charge in [-0.2, -0.15) is 4.98 Å². The average Bonchev–Trinajstić information content (AvgIpc) is 2.91. The molecule has 1 N–H and O–H groups in total. The fourth-order valence-electron chi connectivity index (χ4n) is 4.37. The van der Waals surface area contributed by atoms with E-state index in [-0.39, 0.29) is 0 Å². The number of aromatic nitrogens is 2. The van der Waals surface area contributed by atoms with Gasteiger partial charge in [0.2, 0.25) is 5.95 Å². The summed E-state index contributed by atoms with van der Waals surface area (Å²) in [5.41, 5.74) is 2.71. The summed E-state index contributed by atoms with van der Waals surface area (Å²) < 4.78 is 11.6. The van der Waals surface area contributed by atoms with Crippen molar-refractivity contribution in [2.75, 3.05) is 82.9 Å². The lowest BCUT2D eigenvalue weighted by Crippen LogP contribution is -2.45. The first-order valence-electron chi connectivity index (χ1n) is 12.5. The van der Waals surface area contributed by atoms with Gasteiger partial charge in [-0.05, 0) is 31.3 Å². The first-order valence-corrected chi connectivity index (χ1v) is 12.9. The van der Waals surface area contributed by atoms with Crippen LogP contribution in [-0.4, -0.2) is 92.4 Å². The molecule has 0 amide bonds. The minimum Gasteiger partial charge on any atom is -0.492 e. The Kier molecular flexibility index (Phi) is 8.18. The second-order valence-corrected chi connectivity index (χ2v) is 9.62. The van der Waals surface area contributed by atoms with Gasteiger partial charge in [-0.15, -0.1) is 0 Å². The van der Waals surface area contributed by atoms with Crippen molar-refractivity contribution in [3.05, 3.63) is 59.6 Å². The van der Waals surface area contributed by atoms with Crippen molar-refractivity contribution in [1.29, 1.82) is 0 Å². The van der Waals surface area contributed by atoms with Gasteiger partial charge < -0.3 is 24.6 Å². The monoisotopic (exact) mass is 508 g/mol. The highest BCUT2D eigenvalue weighted by molar-refractivity contribution is 6.30. The number of piperazine rings is 1. The highest BCUT2D eigenvalue weighted by atomic mass is 35.5. The molecule has 2 saturated heterocycles. The van der Waals surface area contributed by atoms with Crippen LogP contribution in [0.5, 0.6) is 5.75 Å². The number of halogens is 1. The molecule has 0 atom stereocenters. The minimum atomic E-state index is 0.540. The van der Waals surface area contributed by atoms with Gasteiger partial charge in [0, 0.05) is 74.2 Å². The van der Waals surface area contributed by atoms with Crippen LogP contribution < -0.4 is 15.0 Å². The number of anilines is 3. The number of nitrogens with one attached hydrogen (secondary N) is 1. The molecule has 5 rings (SSSR count). The van der Waals surface area contributed by atoms with E-state index in [4.69, 9.17) is 31.0 Å². The number of ether oxygens (including phenoxy) is 2. The number of nitrogens with zero attached hydrogens (tertiary/aromatic N) is 5. The lowest BCUT2D eigenvalue weighted by molar-refractivity contribution is 0.122. The number of hydrogen-bond acceptors (Lipinski definition) is 8. The molecule has 2 fully saturated rings. The molecule has 3 aromatic rings. The van der Waals surface area contributed by atoms with E-state index in [0.717, 1.165) is 74.3 Å². The number of likely N-dealkylation sites (N-methyl/N-ethyl adjacent to an activating group) is 1. The molecule has 2 aliphatic rings. The molecular weight excluding hydrogens is 476 g/mol. The molecule has 0 aliphatic carbocycles. The number of benzene rings is 2. The summed E-state index contributed by atoms with van der Waals surface area (Å²) in [6, 6.07) is 17.7. The molecular formula is C27H33ClN6O2. The zero-order valence-corrected chi connectivity index (χ0v) is 21.5. The van der Waals surface area contributed by atoms with E-state index >= 15 is 0 Å². The first-order chi connectivity index (χ1) is 17.6. The van der Waals surface area contributed by atoms with Crippen LogP contribution >= 0.6 is 11.6 Å². The highest BCUT2D eigenvalue weighted by Gasteiger charge is 2.17. The fourth-order valence-corrected chi connectivity index (χ4v) is 4.50. The van der Waals surface area contributed by atoms with E-state index in [1.54, 1.807) is 0 Å². The zero-order valence-electron chi connectivity index (χ0n) is 20.7. The maximum absolute atomic E-state index is 6.11. The van der Waals surface area contributed by atoms with Gasteiger partial charge in [0.1, 0.15) is 18.2 Å². The van der Waals surface area contributed by atoms with Crippen LogP contribution in [0, 0.1) is 0 Å². The summed E-state index contributed by atoms with van der Waals surface area (Å²) in [6.45, 7) is 8.98. The van der Waals surface area contributed by atoms with Crippen molar-refractivity contribution in [3.8, 4) is 17.0 Å². The summed E-state index contributed by atoms with van der Waals surface area (Å²) in [5.74, 6) is 2.25. The number of hydrogen-bond donors (Lipinski definition) is 1. The molecule has 8 nitrogen and oxygen atoms in total. The third-order valence-corrected chi connectivity index (χ3v) is 6.80. The van der Waals surface area contributed by atoms with Gasteiger partial charge in [-0.3, -0.25) is 4.90 Å². The van der Waals surface area contributed by atoms with E-state index in [2.05, 4.69) is 27.1 Å². The van der Waals surface area contributed by atoms with Crippen LogP contribution in [0.3, 0.4) is 0 Å². The van der Waals surface area contributed by atoms with Gasteiger partial charge >= 0.3 is 0 Å². The van der Waals surface area contributed by atoms with Crippen LogP contribution in [0.1, 0.15) is 0 Å². The zero-order chi connectivity index (χ0) is 24.7. The molecule has 0 radical (unpaired) electrons. The van der Waals surface area contributed by atoms with Gasteiger partial charge in [0.25, 0.3) is 0 Å². The predicted molar refractivity (Wildman–Crippen MR) is 145 cm³/mol. The summed E-state index contributed by atoms with van der Waals surface area (Å²) >= 11 is 6.11. The van der Waals surface area contributed by atoms with E-state index in [9.17, 15) is 0 Å². The lowest BCUT2D eigenvalue weighted by Gasteiger charge is -2.32. The molecule has 0 unspecified atom stereocenters. The topological polar surface area (TPSA) is 66.0 Å². The Bertz CT molecular complexity index is 1130. The van der Waals surface area contributed by atoms with Gasteiger partial charge in [0.05, 0.1) is 18.9 Å². The average molecular weight is 509 g/mol. The van der Waals surface area contributed by atoms with Crippen LogP contribution in [0.15, 0.2) is 54.6 Å². The van der Waals surface area contributed by atoms with Gasteiger partial charge in [-0.25, -0.2) is 4.98 Å². The quantitative estimate of drug-likeness (QED) is 0.490. The molecule has 0 bridgehead atoms. The van der Waals surface area contributed by atoms with E-state index in [0.29, 0.717) is 30.8 Å². The van der Waals surface area contributed by atoms with E-state index < -0.39 is 0 Å². The fraction of sp³-hybridized carbons (Fsp3) is 0.407. The maximum Gasteiger partial charge on any atom is 0.229 e. The number of morpholine rings is 1. The van der Waals surface area contributed by atoms with Crippen molar-refractivity contribution in [2.45, 2.75) is 0 Å². The summed E-state index contributed by atoms with van der Waals surface area (Å²) in [5, 5.41) is 4.09. The Labute approximate surface area is 217 Å². The molecule has 2 aromatic carbocycles. The summed E-state index contributed by atoms with van der Waals surface area (Å²) in [6.07, 6.45) is 0. The standard InChI is InChI=1S/C27H33ClN6O2/c1-32-9-11-33(12-10-32)13-18-36-24-4-2-3-23(19-24)29-27-30-25(21-5-7-22(28)8-6-21)20-26(31-27)34-14-16-35-17-15-34/h2-8,19-20H,9-18H2,1H3,(H,29,30,31). The molecule has 190 valence electrons. The van der Waals surface area contributed by atoms with Crippen molar-refractivity contribution >= 4 is 29.1 Å². The van der Waals surface area contributed by atoms with Crippen LogP contribution in [0.25, 0.3) is 11.3 Å². The van der Waals surface area contributed by atoms with Crippen LogP contribution in [0.2, 0.25) is 5.02 Å². The normalized spacial score (nSPS) is 17.2. The Morgan fingerprint density at radius 1 is 0.944 bits per heavy atom. The maximum atomic E-state index is 6.11. The van der Waals surface area contributed by atoms with E-state index in [1.165, 1.54) is 0 Å². The Balaban J connectivity index is 1.30. The smallest absolute Gasteiger partial charge is 0.229 e. The predicted octanol–water partition coefficient (Wildman–Crippen LogP) is 4.00. The van der Waals surface area contributed by atoms with Crippen molar-refractivity contribution in [2.24, 2.45) is 0 Å². The molecule has 9 heteroatoms. The molecule has 2 aliphatic heterocycles. The van der Waals surface area contributed by atoms with Crippen molar-refractivity contribution < 1.29 is 9.47 Å². The minimum absolute atomic E-state index is 0.540. The molecule has 0 spiro atoms. The molecule has 3 heterocycles. The van der Waals surface area contributed by atoms with Crippen molar-refractivity contribution in [1.82, 2.24) is 19.8 Å². The van der Waals surface area contributed by atoms with Crippen molar-refractivity contribution in [3.63, 3.8) is 0 Å². The second-order valence-electron chi connectivity index (χ2n) is 9.19. The third-order valence-electron chi connectivity index (χ3n) is 6.55. The van der Waals surface area contributed by atoms with E-state index in [1.807, 2.05) is 54.6 Å². The summed E-state index contributed by atoms with van der Waals surface area (Å²) in [7, 11) is 2.17. The van der Waals surface area contributed by atoms with Crippen LogP contribution in [0.4, 0.5) is 17.5 Å². The van der Waals surface area contributed by atoms with Gasteiger partial charge in [0.15, 0.2) is 0 Å². The molecule has 1 aromatic heterocycles. The molecule has 0 saturated carbocycles. The largest absolute Gasteiger partial charge is 0.492 e. The Hall–Kier alpha value is -2.91. The Morgan fingerprint density at radius 3 is 2.50 bits per heavy atom. The Morgan fingerprint density at radius 2 is 1.72 bits per heavy atom. The highest BCUT2D eigenvalue weighted by Crippen LogP contribution is 2.27. The third kappa shape index (κ3) is 6.64.